The van der Waals surface area contributed by atoms with Gasteiger partial charge in [0.25, 0.3) is 0 Å². The monoisotopic (exact) mass is 420 g/mol. The van der Waals surface area contributed by atoms with Crippen LogP contribution in [0.2, 0.25) is 0 Å². The lowest BCUT2D eigenvalue weighted by Gasteiger charge is -2.15. The number of anilines is 3. The second kappa shape index (κ2) is 8.78. The fourth-order valence-corrected chi connectivity index (χ4v) is 3.22. The molecule has 3 N–H and O–H groups in total. The van der Waals surface area contributed by atoms with Gasteiger partial charge in [0.2, 0.25) is 11.7 Å². The lowest BCUT2D eigenvalue weighted by Crippen LogP contribution is -2.07. The van der Waals surface area contributed by atoms with Gasteiger partial charge in [-0.05, 0) is 19.1 Å². The Morgan fingerprint density at radius 2 is 1.71 bits per heavy atom. The number of ether oxygens (including phenoxy) is 3. The SMILES string of the molecule is COc1cc(Nc2ncc(C)c(NCc3nc4ccccc4[nH]3)n2)cc(OC)c1OC. The van der Waals surface area contributed by atoms with Gasteiger partial charge in [-0.15, -0.1) is 0 Å². The molecule has 4 rings (SSSR count). The van der Waals surface area contributed by atoms with E-state index in [-0.39, 0.29) is 0 Å². The molecule has 2 heterocycles. The van der Waals surface area contributed by atoms with Gasteiger partial charge in [0, 0.05) is 29.6 Å². The molecule has 0 saturated heterocycles. The minimum absolute atomic E-state index is 0.437. The number of H-pyrrole nitrogens is 1. The molecule has 31 heavy (non-hydrogen) atoms. The second-order valence-corrected chi connectivity index (χ2v) is 6.82. The smallest absolute Gasteiger partial charge is 0.229 e. The minimum atomic E-state index is 0.437. The largest absolute Gasteiger partial charge is 0.493 e. The summed E-state index contributed by atoms with van der Waals surface area (Å²) in [5.41, 5.74) is 3.57. The highest BCUT2D eigenvalue weighted by Crippen LogP contribution is 2.40. The van der Waals surface area contributed by atoms with Crippen LogP contribution < -0.4 is 24.8 Å². The molecule has 0 atom stereocenters. The molecular weight excluding hydrogens is 396 g/mol. The lowest BCUT2D eigenvalue weighted by molar-refractivity contribution is 0.324. The van der Waals surface area contributed by atoms with Crippen molar-refractivity contribution in [2.75, 3.05) is 32.0 Å². The van der Waals surface area contributed by atoms with Crippen LogP contribution in [0, 0.1) is 6.92 Å². The van der Waals surface area contributed by atoms with E-state index in [0.717, 1.165) is 22.4 Å². The molecule has 160 valence electrons. The summed E-state index contributed by atoms with van der Waals surface area (Å²) >= 11 is 0. The molecular formula is C22H24N6O3. The van der Waals surface area contributed by atoms with Gasteiger partial charge in [0.15, 0.2) is 11.5 Å². The number of para-hydroxylation sites is 2. The molecule has 9 heteroatoms. The van der Waals surface area contributed by atoms with E-state index in [9.17, 15) is 0 Å². The van der Waals surface area contributed by atoms with E-state index >= 15 is 0 Å². The fourth-order valence-electron chi connectivity index (χ4n) is 3.22. The molecule has 0 aliphatic rings. The fraction of sp³-hybridized carbons (Fsp3) is 0.227. The van der Waals surface area contributed by atoms with E-state index < -0.39 is 0 Å². The number of hydrogen-bond acceptors (Lipinski definition) is 8. The summed E-state index contributed by atoms with van der Waals surface area (Å²) in [6.45, 7) is 2.46. The van der Waals surface area contributed by atoms with Gasteiger partial charge in [-0.2, -0.15) is 4.98 Å². The van der Waals surface area contributed by atoms with Crippen molar-refractivity contribution >= 4 is 28.5 Å². The standard InChI is InChI=1S/C22H24N6O3/c1-13-11-24-22(25-14-9-17(29-2)20(31-4)18(10-14)30-3)28-21(13)23-12-19-26-15-7-5-6-8-16(15)27-19/h5-11H,12H2,1-4H3,(H,26,27)(H2,23,24,25,28). The molecule has 2 aromatic carbocycles. The second-order valence-electron chi connectivity index (χ2n) is 6.82. The number of hydrogen-bond donors (Lipinski definition) is 3. The number of nitrogens with zero attached hydrogens (tertiary/aromatic N) is 3. The lowest BCUT2D eigenvalue weighted by atomic mass is 10.2. The van der Waals surface area contributed by atoms with Crippen molar-refractivity contribution in [3.8, 4) is 17.2 Å². The van der Waals surface area contributed by atoms with Crippen LogP contribution in [0.5, 0.6) is 17.2 Å². The molecule has 0 unspecified atom stereocenters. The first kappa shape index (κ1) is 20.3. The van der Waals surface area contributed by atoms with Crippen LogP contribution in [0.15, 0.2) is 42.6 Å². The number of nitrogens with one attached hydrogen (secondary N) is 3. The summed E-state index contributed by atoms with van der Waals surface area (Å²) in [6.07, 6.45) is 1.76. The number of aromatic amines is 1. The molecule has 9 nitrogen and oxygen atoms in total. The van der Waals surface area contributed by atoms with Gasteiger partial charge in [-0.1, -0.05) is 12.1 Å². The molecule has 0 radical (unpaired) electrons. The highest BCUT2D eigenvalue weighted by molar-refractivity contribution is 5.74. The number of rotatable bonds is 8. The number of aromatic nitrogens is 4. The van der Waals surface area contributed by atoms with Crippen LogP contribution in [-0.2, 0) is 6.54 Å². The predicted octanol–water partition coefficient (Wildman–Crippen LogP) is 4.04. The zero-order chi connectivity index (χ0) is 21.8. The Labute approximate surface area is 179 Å². The first-order valence-corrected chi connectivity index (χ1v) is 9.69. The Kier molecular flexibility index (Phi) is 5.74. The molecule has 0 fully saturated rings. The van der Waals surface area contributed by atoms with Gasteiger partial charge in [-0.25, -0.2) is 9.97 Å². The van der Waals surface area contributed by atoms with Gasteiger partial charge >= 0.3 is 0 Å². The molecule has 0 bridgehead atoms. The Bertz CT molecular complexity index is 1150. The zero-order valence-electron chi connectivity index (χ0n) is 17.8. The van der Waals surface area contributed by atoms with Crippen LogP contribution in [0.25, 0.3) is 11.0 Å². The molecule has 0 aliphatic carbocycles. The summed E-state index contributed by atoms with van der Waals surface area (Å²) in [7, 11) is 4.71. The molecule has 2 aromatic heterocycles. The van der Waals surface area contributed by atoms with Gasteiger partial charge in [-0.3, -0.25) is 0 Å². The molecule has 0 aliphatic heterocycles. The van der Waals surface area contributed by atoms with Crippen molar-refractivity contribution in [2.45, 2.75) is 13.5 Å². The van der Waals surface area contributed by atoms with Gasteiger partial charge < -0.3 is 29.8 Å². The van der Waals surface area contributed by atoms with Gasteiger partial charge in [0.05, 0.1) is 38.9 Å². The predicted molar refractivity (Wildman–Crippen MR) is 120 cm³/mol. The number of methoxy groups -OCH3 is 3. The van der Waals surface area contributed by atoms with Crippen LogP contribution >= 0.6 is 0 Å². The Morgan fingerprint density at radius 1 is 0.968 bits per heavy atom. The van der Waals surface area contributed by atoms with Gasteiger partial charge in [0.1, 0.15) is 11.6 Å². The summed E-state index contributed by atoms with van der Waals surface area (Å²) in [6, 6.07) is 11.5. The summed E-state index contributed by atoms with van der Waals surface area (Å²) in [4.78, 5) is 16.9. The number of fused-ring (bicyclic) bond motifs is 1. The van der Waals surface area contributed by atoms with E-state index in [2.05, 4.69) is 30.6 Å². The average Bonchev–Trinajstić information content (AvgIpc) is 3.21. The normalized spacial score (nSPS) is 10.7. The van der Waals surface area contributed by atoms with Crippen LogP contribution in [0.4, 0.5) is 17.5 Å². The highest BCUT2D eigenvalue weighted by Gasteiger charge is 2.14. The van der Waals surface area contributed by atoms with Crippen LogP contribution in [0.3, 0.4) is 0 Å². The van der Waals surface area contributed by atoms with Crippen molar-refractivity contribution in [1.29, 1.82) is 0 Å². The van der Waals surface area contributed by atoms with Crippen molar-refractivity contribution in [3.63, 3.8) is 0 Å². The Hall–Kier alpha value is -4.01. The number of benzene rings is 2. The third-order valence-electron chi connectivity index (χ3n) is 4.75. The zero-order valence-corrected chi connectivity index (χ0v) is 17.8. The molecule has 0 amide bonds. The van der Waals surface area contributed by atoms with E-state index in [1.165, 1.54) is 0 Å². The first-order valence-electron chi connectivity index (χ1n) is 9.69. The third-order valence-corrected chi connectivity index (χ3v) is 4.75. The molecule has 0 spiro atoms. The third kappa shape index (κ3) is 4.30. The molecule has 0 saturated carbocycles. The first-order chi connectivity index (χ1) is 15.1. The Balaban J connectivity index is 1.53. The highest BCUT2D eigenvalue weighted by atomic mass is 16.5. The maximum absolute atomic E-state index is 5.40. The summed E-state index contributed by atoms with van der Waals surface area (Å²) in [5, 5.41) is 6.52. The van der Waals surface area contributed by atoms with Crippen molar-refractivity contribution in [3.05, 3.63) is 54.0 Å². The minimum Gasteiger partial charge on any atom is -0.493 e. The quantitative estimate of drug-likeness (QED) is 0.392. The van der Waals surface area contributed by atoms with Crippen LogP contribution in [0.1, 0.15) is 11.4 Å². The topological polar surface area (TPSA) is 106 Å². The number of imidazole rings is 1. The maximum atomic E-state index is 5.40. The Morgan fingerprint density at radius 3 is 2.39 bits per heavy atom. The van der Waals surface area contributed by atoms with E-state index in [0.29, 0.717) is 41.2 Å². The van der Waals surface area contributed by atoms with E-state index in [1.807, 2.05) is 31.2 Å². The maximum Gasteiger partial charge on any atom is 0.229 e. The summed E-state index contributed by atoms with van der Waals surface area (Å²) in [5.74, 6) is 3.59. The van der Waals surface area contributed by atoms with E-state index in [4.69, 9.17) is 14.2 Å². The number of aryl methyl sites for hydroxylation is 1. The van der Waals surface area contributed by atoms with Crippen molar-refractivity contribution < 1.29 is 14.2 Å². The molecule has 4 aromatic rings. The van der Waals surface area contributed by atoms with Crippen molar-refractivity contribution in [1.82, 2.24) is 19.9 Å². The average molecular weight is 420 g/mol. The summed E-state index contributed by atoms with van der Waals surface area (Å²) < 4.78 is 16.2. The van der Waals surface area contributed by atoms with Crippen LogP contribution in [-0.4, -0.2) is 41.3 Å². The van der Waals surface area contributed by atoms with E-state index in [1.54, 1.807) is 39.7 Å². The van der Waals surface area contributed by atoms with Crippen molar-refractivity contribution in [2.24, 2.45) is 0 Å².